The topological polar surface area (TPSA) is 46.6 Å². The van der Waals surface area contributed by atoms with Crippen molar-refractivity contribution in [1.82, 2.24) is 4.90 Å². The first-order valence-corrected chi connectivity index (χ1v) is 7.13. The van der Waals surface area contributed by atoms with E-state index in [0.717, 1.165) is 24.8 Å². The lowest BCUT2D eigenvalue weighted by atomic mass is 9.94. The number of carbonyl (C=O) groups is 2. The zero-order chi connectivity index (χ0) is 14.4. The van der Waals surface area contributed by atoms with Crippen molar-refractivity contribution in [3.8, 4) is 0 Å². The molecule has 0 unspecified atom stereocenters. The van der Waals surface area contributed by atoms with Crippen LogP contribution in [0.25, 0.3) is 0 Å². The predicted molar refractivity (Wildman–Crippen MR) is 76.3 cm³/mol. The number of esters is 1. The highest BCUT2D eigenvalue weighted by molar-refractivity contribution is 5.89. The van der Waals surface area contributed by atoms with E-state index in [1.54, 1.807) is 12.1 Å². The summed E-state index contributed by atoms with van der Waals surface area (Å²) in [4.78, 5) is 24.5. The van der Waals surface area contributed by atoms with Crippen LogP contribution in [0.2, 0.25) is 0 Å². The van der Waals surface area contributed by atoms with E-state index in [4.69, 9.17) is 0 Å². The Morgan fingerprint density at radius 3 is 2.45 bits per heavy atom. The SMILES string of the molecule is COC(=O)c1ccc(CN(C=O)C2CCCCC2)cc1. The van der Waals surface area contributed by atoms with Gasteiger partial charge in [0, 0.05) is 12.6 Å². The summed E-state index contributed by atoms with van der Waals surface area (Å²) in [5.74, 6) is -0.337. The summed E-state index contributed by atoms with van der Waals surface area (Å²) in [6, 6.07) is 7.61. The lowest BCUT2D eigenvalue weighted by molar-refractivity contribution is -0.121. The molecule has 0 N–H and O–H groups in total. The van der Waals surface area contributed by atoms with E-state index < -0.39 is 0 Å². The third kappa shape index (κ3) is 3.59. The van der Waals surface area contributed by atoms with Crippen LogP contribution < -0.4 is 0 Å². The average molecular weight is 275 g/mol. The quantitative estimate of drug-likeness (QED) is 0.613. The Kier molecular flexibility index (Phi) is 5.16. The molecule has 0 heterocycles. The van der Waals surface area contributed by atoms with Gasteiger partial charge in [-0.15, -0.1) is 0 Å². The molecule has 1 aromatic carbocycles. The Labute approximate surface area is 119 Å². The second-order valence-corrected chi connectivity index (χ2v) is 5.26. The van der Waals surface area contributed by atoms with Crippen LogP contribution in [0.1, 0.15) is 48.0 Å². The summed E-state index contributed by atoms with van der Waals surface area (Å²) in [7, 11) is 1.37. The van der Waals surface area contributed by atoms with Crippen LogP contribution >= 0.6 is 0 Å². The number of amides is 1. The van der Waals surface area contributed by atoms with Crippen LogP contribution in [0.15, 0.2) is 24.3 Å². The van der Waals surface area contributed by atoms with Crippen molar-refractivity contribution in [2.45, 2.75) is 44.7 Å². The molecule has 1 aliphatic rings. The maximum atomic E-state index is 11.4. The van der Waals surface area contributed by atoms with E-state index in [1.165, 1.54) is 26.4 Å². The van der Waals surface area contributed by atoms with Gasteiger partial charge >= 0.3 is 5.97 Å². The lowest BCUT2D eigenvalue weighted by Crippen LogP contribution is -2.35. The monoisotopic (exact) mass is 275 g/mol. The van der Waals surface area contributed by atoms with Gasteiger partial charge < -0.3 is 9.64 Å². The van der Waals surface area contributed by atoms with Crippen molar-refractivity contribution < 1.29 is 14.3 Å². The van der Waals surface area contributed by atoms with Gasteiger partial charge in [0.2, 0.25) is 6.41 Å². The van der Waals surface area contributed by atoms with Crippen LogP contribution in [0, 0.1) is 0 Å². The first-order chi connectivity index (χ1) is 9.74. The fourth-order valence-corrected chi connectivity index (χ4v) is 2.74. The third-order valence-electron chi connectivity index (χ3n) is 3.92. The second-order valence-electron chi connectivity index (χ2n) is 5.26. The molecule has 1 fully saturated rings. The Balaban J connectivity index is 2.00. The molecule has 1 saturated carbocycles. The van der Waals surface area contributed by atoms with Crippen LogP contribution in [0.5, 0.6) is 0 Å². The Bertz CT molecular complexity index is 449. The van der Waals surface area contributed by atoms with Crippen LogP contribution in [-0.2, 0) is 16.1 Å². The standard InChI is InChI=1S/C16H21NO3/c1-20-16(19)14-9-7-13(8-10-14)11-17(12-18)15-5-3-2-4-6-15/h7-10,12,15H,2-6,11H2,1H3. The maximum Gasteiger partial charge on any atom is 0.337 e. The number of carbonyl (C=O) groups excluding carboxylic acids is 2. The number of rotatable bonds is 5. The van der Waals surface area contributed by atoms with E-state index in [1.807, 2.05) is 17.0 Å². The zero-order valence-electron chi connectivity index (χ0n) is 11.9. The summed E-state index contributed by atoms with van der Waals surface area (Å²) in [5.41, 5.74) is 1.57. The Hall–Kier alpha value is -1.84. The molecule has 0 aromatic heterocycles. The molecule has 4 heteroatoms. The van der Waals surface area contributed by atoms with Crippen LogP contribution in [0.4, 0.5) is 0 Å². The number of ether oxygens (including phenoxy) is 1. The van der Waals surface area contributed by atoms with E-state index in [0.29, 0.717) is 18.2 Å². The summed E-state index contributed by atoms with van der Waals surface area (Å²) in [5, 5.41) is 0. The highest BCUT2D eigenvalue weighted by Gasteiger charge is 2.19. The molecule has 1 aromatic rings. The highest BCUT2D eigenvalue weighted by atomic mass is 16.5. The van der Waals surface area contributed by atoms with E-state index >= 15 is 0 Å². The molecule has 1 aliphatic carbocycles. The number of nitrogens with zero attached hydrogens (tertiary/aromatic N) is 1. The van der Waals surface area contributed by atoms with Crippen molar-refractivity contribution in [2.75, 3.05) is 7.11 Å². The van der Waals surface area contributed by atoms with Gasteiger partial charge in [-0.2, -0.15) is 0 Å². The number of hydrogen-bond acceptors (Lipinski definition) is 3. The van der Waals surface area contributed by atoms with Crippen molar-refractivity contribution in [3.05, 3.63) is 35.4 Å². The van der Waals surface area contributed by atoms with Crippen LogP contribution in [0.3, 0.4) is 0 Å². The molecule has 1 amide bonds. The molecule has 0 bridgehead atoms. The van der Waals surface area contributed by atoms with Crippen molar-refractivity contribution in [2.24, 2.45) is 0 Å². The summed E-state index contributed by atoms with van der Waals surface area (Å²) < 4.78 is 4.67. The summed E-state index contributed by atoms with van der Waals surface area (Å²) >= 11 is 0. The van der Waals surface area contributed by atoms with Gasteiger partial charge in [-0.25, -0.2) is 4.79 Å². The lowest BCUT2D eigenvalue weighted by Gasteiger charge is -2.31. The minimum atomic E-state index is -0.337. The predicted octanol–water partition coefficient (Wildman–Crippen LogP) is 2.76. The highest BCUT2D eigenvalue weighted by Crippen LogP contribution is 2.23. The van der Waals surface area contributed by atoms with Gasteiger partial charge in [0.05, 0.1) is 12.7 Å². The smallest absolute Gasteiger partial charge is 0.337 e. The minimum Gasteiger partial charge on any atom is -0.465 e. The molecule has 0 spiro atoms. The molecular formula is C16H21NO3. The van der Waals surface area contributed by atoms with Crippen molar-refractivity contribution in [1.29, 1.82) is 0 Å². The largest absolute Gasteiger partial charge is 0.465 e. The molecule has 20 heavy (non-hydrogen) atoms. The second kappa shape index (κ2) is 7.08. The molecule has 2 rings (SSSR count). The zero-order valence-corrected chi connectivity index (χ0v) is 11.9. The minimum absolute atomic E-state index is 0.337. The van der Waals surface area contributed by atoms with Gasteiger partial charge in [0.1, 0.15) is 0 Å². The van der Waals surface area contributed by atoms with Gasteiger partial charge in [-0.05, 0) is 30.5 Å². The molecular weight excluding hydrogens is 254 g/mol. The summed E-state index contributed by atoms with van der Waals surface area (Å²) in [6.07, 6.45) is 6.83. The van der Waals surface area contributed by atoms with E-state index in [9.17, 15) is 9.59 Å². The fraction of sp³-hybridized carbons (Fsp3) is 0.500. The maximum absolute atomic E-state index is 11.4. The summed E-state index contributed by atoms with van der Waals surface area (Å²) in [6.45, 7) is 0.607. The molecule has 0 saturated heterocycles. The number of hydrogen-bond donors (Lipinski definition) is 0. The average Bonchev–Trinajstić information content (AvgIpc) is 2.53. The Morgan fingerprint density at radius 1 is 1.25 bits per heavy atom. The first kappa shape index (κ1) is 14.6. The molecule has 0 radical (unpaired) electrons. The number of methoxy groups -OCH3 is 1. The Morgan fingerprint density at radius 2 is 1.90 bits per heavy atom. The van der Waals surface area contributed by atoms with Crippen molar-refractivity contribution in [3.63, 3.8) is 0 Å². The van der Waals surface area contributed by atoms with Gasteiger partial charge in [0.25, 0.3) is 0 Å². The van der Waals surface area contributed by atoms with E-state index in [-0.39, 0.29) is 5.97 Å². The van der Waals surface area contributed by atoms with Gasteiger partial charge in [0.15, 0.2) is 0 Å². The molecule has 4 nitrogen and oxygen atoms in total. The fourth-order valence-electron chi connectivity index (χ4n) is 2.74. The molecule has 0 atom stereocenters. The van der Waals surface area contributed by atoms with Gasteiger partial charge in [-0.3, -0.25) is 4.79 Å². The molecule has 108 valence electrons. The van der Waals surface area contributed by atoms with E-state index in [2.05, 4.69) is 4.74 Å². The van der Waals surface area contributed by atoms with Crippen molar-refractivity contribution >= 4 is 12.4 Å². The normalized spacial score (nSPS) is 15.7. The van der Waals surface area contributed by atoms with Gasteiger partial charge in [-0.1, -0.05) is 31.4 Å². The molecule has 0 aliphatic heterocycles. The third-order valence-corrected chi connectivity index (χ3v) is 3.92. The first-order valence-electron chi connectivity index (χ1n) is 7.13. The van der Waals surface area contributed by atoms with Crippen LogP contribution in [-0.4, -0.2) is 30.4 Å². The number of benzene rings is 1.